The van der Waals surface area contributed by atoms with Gasteiger partial charge in [0.05, 0.1) is 6.61 Å². The quantitative estimate of drug-likeness (QED) is 0.805. The van der Waals surface area contributed by atoms with Crippen molar-refractivity contribution in [1.29, 1.82) is 0 Å². The summed E-state index contributed by atoms with van der Waals surface area (Å²) in [4.78, 5) is 26.1. The zero-order valence-electron chi connectivity index (χ0n) is 13.5. The van der Waals surface area contributed by atoms with Crippen molar-refractivity contribution in [3.8, 4) is 0 Å². The zero-order chi connectivity index (χ0) is 16.7. The molecule has 1 aromatic carbocycles. The number of ether oxygens (including phenoxy) is 1. The number of carbonyl (C=O) groups is 2. The summed E-state index contributed by atoms with van der Waals surface area (Å²) in [5.41, 5.74) is 6.47. The number of benzene rings is 1. The summed E-state index contributed by atoms with van der Waals surface area (Å²) in [6.07, 6.45) is 1.93. The molecule has 2 unspecified atom stereocenters. The Morgan fingerprint density at radius 2 is 2.13 bits per heavy atom. The first-order chi connectivity index (χ1) is 11.1. The Morgan fingerprint density at radius 3 is 2.83 bits per heavy atom. The van der Waals surface area contributed by atoms with Crippen molar-refractivity contribution in [2.45, 2.75) is 18.9 Å². The van der Waals surface area contributed by atoms with E-state index in [1.165, 1.54) is 7.11 Å². The van der Waals surface area contributed by atoms with E-state index < -0.39 is 6.04 Å². The average molecular weight is 319 g/mol. The van der Waals surface area contributed by atoms with Gasteiger partial charge in [-0.25, -0.2) is 0 Å². The van der Waals surface area contributed by atoms with Crippen molar-refractivity contribution >= 4 is 11.8 Å². The fraction of sp³-hybridized carbons (Fsp3) is 0.529. The van der Waals surface area contributed by atoms with Gasteiger partial charge in [-0.1, -0.05) is 18.2 Å². The zero-order valence-corrected chi connectivity index (χ0v) is 13.5. The van der Waals surface area contributed by atoms with Crippen molar-refractivity contribution in [2.75, 3.05) is 33.4 Å². The molecule has 2 amide bonds. The molecule has 3 N–H and O–H groups in total. The molecule has 0 aliphatic carbocycles. The van der Waals surface area contributed by atoms with Gasteiger partial charge in [-0.15, -0.1) is 0 Å². The van der Waals surface area contributed by atoms with Crippen LogP contribution < -0.4 is 11.1 Å². The van der Waals surface area contributed by atoms with Crippen molar-refractivity contribution < 1.29 is 14.3 Å². The Hall–Kier alpha value is -1.92. The van der Waals surface area contributed by atoms with Gasteiger partial charge in [0, 0.05) is 32.3 Å². The number of piperidine rings is 1. The molecule has 0 saturated carbocycles. The van der Waals surface area contributed by atoms with E-state index >= 15 is 0 Å². The van der Waals surface area contributed by atoms with E-state index in [1.807, 2.05) is 18.2 Å². The van der Waals surface area contributed by atoms with Crippen molar-refractivity contribution in [3.63, 3.8) is 0 Å². The maximum Gasteiger partial charge on any atom is 0.251 e. The van der Waals surface area contributed by atoms with Crippen LogP contribution in [0.5, 0.6) is 0 Å². The number of carbonyl (C=O) groups excluding carboxylic acids is 2. The lowest BCUT2D eigenvalue weighted by atomic mass is 9.97. The van der Waals surface area contributed by atoms with Crippen LogP contribution in [-0.2, 0) is 9.53 Å². The number of hydrogen-bond donors (Lipinski definition) is 2. The largest absolute Gasteiger partial charge is 0.383 e. The number of hydrogen-bond acceptors (Lipinski definition) is 4. The van der Waals surface area contributed by atoms with Crippen LogP contribution in [0.4, 0.5) is 0 Å². The van der Waals surface area contributed by atoms with Crippen molar-refractivity contribution in [2.24, 2.45) is 11.7 Å². The molecule has 0 bridgehead atoms. The molecule has 2 atom stereocenters. The first-order valence-electron chi connectivity index (χ1n) is 7.98. The van der Waals surface area contributed by atoms with E-state index in [-0.39, 0.29) is 24.3 Å². The summed E-state index contributed by atoms with van der Waals surface area (Å²) >= 11 is 0. The number of likely N-dealkylation sites (tertiary alicyclic amines) is 1. The molecule has 6 nitrogen and oxygen atoms in total. The Kier molecular flexibility index (Phi) is 6.55. The fourth-order valence-corrected chi connectivity index (χ4v) is 2.85. The molecule has 126 valence electrons. The van der Waals surface area contributed by atoms with Crippen LogP contribution in [0, 0.1) is 5.92 Å². The lowest BCUT2D eigenvalue weighted by molar-refractivity contribution is -0.135. The minimum absolute atomic E-state index is 0.0778. The summed E-state index contributed by atoms with van der Waals surface area (Å²) < 4.78 is 4.94. The molecule has 1 aliphatic rings. The predicted octanol–water partition coefficient (Wildman–Crippen LogP) is 0.629. The van der Waals surface area contributed by atoms with E-state index in [9.17, 15) is 9.59 Å². The van der Waals surface area contributed by atoms with Crippen LogP contribution in [0.1, 0.15) is 23.2 Å². The monoisotopic (exact) mass is 319 g/mol. The third-order valence-corrected chi connectivity index (χ3v) is 4.08. The topological polar surface area (TPSA) is 84.7 Å². The summed E-state index contributed by atoms with van der Waals surface area (Å²) in [6.45, 7) is 2.15. The number of rotatable bonds is 6. The molecule has 1 fully saturated rings. The van der Waals surface area contributed by atoms with Crippen LogP contribution >= 0.6 is 0 Å². The van der Waals surface area contributed by atoms with Crippen LogP contribution in [0.3, 0.4) is 0 Å². The second kappa shape index (κ2) is 8.64. The third kappa shape index (κ3) is 5.04. The van der Waals surface area contributed by atoms with Gasteiger partial charge in [0.25, 0.3) is 5.91 Å². The molecule has 2 rings (SSSR count). The third-order valence-electron chi connectivity index (χ3n) is 4.08. The van der Waals surface area contributed by atoms with Crippen molar-refractivity contribution in [3.05, 3.63) is 35.9 Å². The normalized spacial score (nSPS) is 19.2. The van der Waals surface area contributed by atoms with Gasteiger partial charge in [0.2, 0.25) is 5.91 Å². The Morgan fingerprint density at radius 1 is 1.39 bits per heavy atom. The van der Waals surface area contributed by atoms with E-state index in [2.05, 4.69) is 5.32 Å². The number of nitrogens with one attached hydrogen (secondary N) is 1. The second-order valence-electron chi connectivity index (χ2n) is 5.93. The molecule has 1 aromatic rings. The van der Waals surface area contributed by atoms with E-state index in [0.717, 1.165) is 19.4 Å². The summed E-state index contributed by atoms with van der Waals surface area (Å²) in [7, 11) is 1.53. The van der Waals surface area contributed by atoms with E-state index in [1.54, 1.807) is 17.0 Å². The molecule has 0 spiro atoms. The standard InChI is InChI=1S/C17H25N3O3/c1-23-12-15(18)17(22)20-9-5-6-13(11-20)10-19-16(21)14-7-3-2-4-8-14/h2-4,7-8,13,15H,5-6,9-12,18H2,1H3,(H,19,21). The predicted molar refractivity (Wildman–Crippen MR) is 87.9 cm³/mol. The van der Waals surface area contributed by atoms with Crippen molar-refractivity contribution in [1.82, 2.24) is 10.2 Å². The van der Waals surface area contributed by atoms with Crippen LogP contribution in [0.15, 0.2) is 30.3 Å². The molecule has 23 heavy (non-hydrogen) atoms. The molecule has 1 heterocycles. The van der Waals surface area contributed by atoms with E-state index in [4.69, 9.17) is 10.5 Å². The average Bonchev–Trinajstić information content (AvgIpc) is 2.60. The molecule has 0 aromatic heterocycles. The summed E-state index contributed by atoms with van der Waals surface area (Å²) in [5, 5.41) is 2.95. The van der Waals surface area contributed by atoms with Gasteiger partial charge in [-0.05, 0) is 30.9 Å². The maximum absolute atomic E-state index is 12.2. The second-order valence-corrected chi connectivity index (χ2v) is 5.93. The fourth-order valence-electron chi connectivity index (χ4n) is 2.85. The van der Waals surface area contributed by atoms with Crippen LogP contribution in [0.2, 0.25) is 0 Å². The maximum atomic E-state index is 12.2. The molecule has 1 aliphatic heterocycles. The SMILES string of the molecule is COCC(N)C(=O)N1CCCC(CNC(=O)c2ccccc2)C1. The van der Waals surface area contributed by atoms with Crippen LogP contribution in [0.25, 0.3) is 0 Å². The smallest absolute Gasteiger partial charge is 0.251 e. The van der Waals surface area contributed by atoms with Gasteiger partial charge in [-0.2, -0.15) is 0 Å². The summed E-state index contributed by atoms with van der Waals surface area (Å²) in [6, 6.07) is 8.52. The Bertz CT molecular complexity index is 521. The summed E-state index contributed by atoms with van der Waals surface area (Å²) in [5.74, 6) is 0.103. The first-order valence-corrected chi connectivity index (χ1v) is 7.98. The highest BCUT2D eigenvalue weighted by molar-refractivity contribution is 5.94. The first kappa shape index (κ1) is 17.4. The molecular formula is C17H25N3O3. The molecule has 0 radical (unpaired) electrons. The Labute approximate surface area is 137 Å². The molecule has 1 saturated heterocycles. The van der Waals surface area contributed by atoms with Gasteiger partial charge < -0.3 is 20.7 Å². The lowest BCUT2D eigenvalue weighted by Gasteiger charge is -2.34. The minimum Gasteiger partial charge on any atom is -0.383 e. The van der Waals surface area contributed by atoms with Gasteiger partial charge in [0.15, 0.2) is 0 Å². The van der Waals surface area contributed by atoms with Gasteiger partial charge in [-0.3, -0.25) is 9.59 Å². The van der Waals surface area contributed by atoms with Gasteiger partial charge >= 0.3 is 0 Å². The highest BCUT2D eigenvalue weighted by atomic mass is 16.5. The van der Waals surface area contributed by atoms with Crippen LogP contribution in [-0.4, -0.2) is 56.1 Å². The van der Waals surface area contributed by atoms with Gasteiger partial charge in [0.1, 0.15) is 6.04 Å². The highest BCUT2D eigenvalue weighted by Gasteiger charge is 2.27. The van der Waals surface area contributed by atoms with E-state index in [0.29, 0.717) is 18.7 Å². The number of methoxy groups -OCH3 is 1. The molecular weight excluding hydrogens is 294 g/mol. The number of amides is 2. The molecule has 6 heteroatoms. The Balaban J connectivity index is 1.82. The lowest BCUT2D eigenvalue weighted by Crippen LogP contribution is -2.51. The number of nitrogens with zero attached hydrogens (tertiary/aromatic N) is 1. The highest BCUT2D eigenvalue weighted by Crippen LogP contribution is 2.16. The number of nitrogens with two attached hydrogens (primary N) is 1. The minimum atomic E-state index is -0.613.